The Bertz CT molecular complexity index is 743. The number of nitrogens with one attached hydrogen (secondary N) is 1. The quantitative estimate of drug-likeness (QED) is 0.766. The first-order valence-corrected chi connectivity index (χ1v) is 5.57. The summed E-state index contributed by atoms with van der Waals surface area (Å²) in [5.74, 6) is -1.62. The molecule has 0 spiro atoms. The van der Waals surface area contributed by atoms with E-state index < -0.39 is 11.8 Å². The van der Waals surface area contributed by atoms with Crippen molar-refractivity contribution in [2.24, 2.45) is 10.2 Å². The third kappa shape index (κ3) is 1.79. The summed E-state index contributed by atoms with van der Waals surface area (Å²) in [4.78, 5) is 23.0. The molecule has 0 saturated carbocycles. The van der Waals surface area contributed by atoms with E-state index in [1.807, 2.05) is 0 Å². The number of aromatic hydroxyl groups is 2. The van der Waals surface area contributed by atoms with Crippen molar-refractivity contribution in [2.45, 2.75) is 0 Å². The van der Waals surface area contributed by atoms with Crippen LogP contribution in [0.25, 0.3) is 0 Å². The van der Waals surface area contributed by atoms with Crippen LogP contribution in [0.5, 0.6) is 11.8 Å². The third-order valence-corrected chi connectivity index (χ3v) is 2.79. The standard InChI is InChI=1S/C12H8N4O4/c17-9-3-4-10(18)16(9)15-6-1-2-7-8(5-6)12(20)14-13-11(7)19/h1-5,15,17-18H. The second-order valence-electron chi connectivity index (χ2n) is 4.07. The minimum Gasteiger partial charge on any atom is -0.493 e. The van der Waals surface area contributed by atoms with Crippen LogP contribution >= 0.6 is 0 Å². The van der Waals surface area contributed by atoms with Gasteiger partial charge in [0.2, 0.25) is 11.8 Å². The summed E-state index contributed by atoms with van der Waals surface area (Å²) in [6.07, 6.45) is 0. The van der Waals surface area contributed by atoms with E-state index in [4.69, 9.17) is 0 Å². The number of carbonyl (C=O) groups is 2. The molecule has 2 amide bonds. The van der Waals surface area contributed by atoms with Crippen LogP contribution in [0.3, 0.4) is 0 Å². The lowest BCUT2D eigenvalue weighted by Gasteiger charge is -2.13. The van der Waals surface area contributed by atoms with E-state index in [1.165, 1.54) is 30.3 Å². The van der Waals surface area contributed by atoms with Crippen LogP contribution in [-0.2, 0) is 0 Å². The molecule has 0 aliphatic carbocycles. The highest BCUT2D eigenvalue weighted by Gasteiger charge is 2.22. The Balaban J connectivity index is 2.00. The zero-order valence-corrected chi connectivity index (χ0v) is 9.94. The van der Waals surface area contributed by atoms with Gasteiger partial charge in [-0.05, 0) is 18.2 Å². The minimum absolute atomic E-state index is 0.112. The fourth-order valence-corrected chi connectivity index (χ4v) is 1.83. The highest BCUT2D eigenvalue weighted by atomic mass is 16.3. The zero-order valence-electron chi connectivity index (χ0n) is 9.94. The van der Waals surface area contributed by atoms with Gasteiger partial charge in [0.25, 0.3) is 11.8 Å². The van der Waals surface area contributed by atoms with Crippen molar-refractivity contribution in [3.8, 4) is 11.8 Å². The number of fused-ring (bicyclic) bond motifs is 1. The molecule has 2 aromatic rings. The van der Waals surface area contributed by atoms with Gasteiger partial charge in [0.1, 0.15) is 0 Å². The molecule has 20 heavy (non-hydrogen) atoms. The Morgan fingerprint density at radius 3 is 2.15 bits per heavy atom. The summed E-state index contributed by atoms with van der Waals surface area (Å²) in [6.45, 7) is 0. The monoisotopic (exact) mass is 272 g/mol. The predicted molar refractivity (Wildman–Crippen MR) is 66.7 cm³/mol. The maximum atomic E-state index is 11.6. The molecule has 0 bridgehead atoms. The molecule has 1 aliphatic rings. The van der Waals surface area contributed by atoms with E-state index in [1.54, 1.807) is 0 Å². The summed E-state index contributed by atoms with van der Waals surface area (Å²) < 4.78 is 1.01. The summed E-state index contributed by atoms with van der Waals surface area (Å²) >= 11 is 0. The first-order chi connectivity index (χ1) is 9.56. The Morgan fingerprint density at radius 2 is 1.50 bits per heavy atom. The van der Waals surface area contributed by atoms with Gasteiger partial charge in [-0.3, -0.25) is 15.0 Å². The zero-order chi connectivity index (χ0) is 14.3. The highest BCUT2D eigenvalue weighted by Crippen LogP contribution is 2.25. The molecule has 3 rings (SSSR count). The van der Waals surface area contributed by atoms with Crippen LogP contribution in [0.4, 0.5) is 5.69 Å². The number of aromatic nitrogens is 1. The number of rotatable bonds is 2. The smallest absolute Gasteiger partial charge is 0.296 e. The lowest BCUT2D eigenvalue weighted by molar-refractivity contribution is 0.0921. The summed E-state index contributed by atoms with van der Waals surface area (Å²) in [7, 11) is 0. The number of carbonyl (C=O) groups excluding carboxylic acids is 2. The molecule has 1 aliphatic heterocycles. The molecule has 0 unspecified atom stereocenters. The second-order valence-corrected chi connectivity index (χ2v) is 4.07. The molecule has 0 radical (unpaired) electrons. The molecule has 0 fully saturated rings. The number of hydrogen-bond acceptors (Lipinski definition) is 5. The van der Waals surface area contributed by atoms with Crippen LogP contribution in [0.1, 0.15) is 20.7 Å². The number of hydrogen-bond donors (Lipinski definition) is 3. The lowest BCUT2D eigenvalue weighted by Crippen LogP contribution is -2.13. The van der Waals surface area contributed by atoms with E-state index in [0.29, 0.717) is 5.69 Å². The first-order valence-electron chi connectivity index (χ1n) is 5.57. The van der Waals surface area contributed by atoms with E-state index in [0.717, 1.165) is 4.68 Å². The van der Waals surface area contributed by atoms with Crippen molar-refractivity contribution in [3.05, 3.63) is 41.5 Å². The Kier molecular flexibility index (Phi) is 2.50. The summed E-state index contributed by atoms with van der Waals surface area (Å²) in [5, 5.41) is 25.5. The number of azo groups is 1. The summed E-state index contributed by atoms with van der Waals surface area (Å²) in [6, 6.07) is 6.93. The van der Waals surface area contributed by atoms with Crippen molar-refractivity contribution in [3.63, 3.8) is 0 Å². The fraction of sp³-hybridized carbons (Fsp3) is 0. The van der Waals surface area contributed by atoms with Crippen molar-refractivity contribution in [1.82, 2.24) is 4.68 Å². The van der Waals surface area contributed by atoms with Crippen molar-refractivity contribution < 1.29 is 19.8 Å². The molecule has 0 saturated heterocycles. The van der Waals surface area contributed by atoms with E-state index >= 15 is 0 Å². The average Bonchev–Trinajstić information content (AvgIpc) is 2.75. The van der Waals surface area contributed by atoms with Crippen LogP contribution in [0.15, 0.2) is 40.6 Å². The molecule has 1 aromatic carbocycles. The van der Waals surface area contributed by atoms with Gasteiger partial charge < -0.3 is 10.2 Å². The normalized spacial score (nSPS) is 13.4. The SMILES string of the molecule is O=C1N=NC(=O)c2cc(Nn3c(O)ccc3O)ccc21. The summed E-state index contributed by atoms with van der Waals surface area (Å²) in [5.41, 5.74) is 3.35. The number of benzene rings is 1. The molecule has 0 atom stereocenters. The topological polar surface area (TPSA) is 116 Å². The van der Waals surface area contributed by atoms with Crippen molar-refractivity contribution >= 4 is 17.5 Å². The molecule has 1 aromatic heterocycles. The first kappa shape index (κ1) is 11.9. The van der Waals surface area contributed by atoms with Gasteiger partial charge >= 0.3 is 0 Å². The number of amides is 2. The van der Waals surface area contributed by atoms with Crippen LogP contribution in [0, 0.1) is 0 Å². The van der Waals surface area contributed by atoms with Crippen LogP contribution in [0.2, 0.25) is 0 Å². The average molecular weight is 272 g/mol. The van der Waals surface area contributed by atoms with Crippen molar-refractivity contribution in [1.29, 1.82) is 0 Å². The van der Waals surface area contributed by atoms with Gasteiger partial charge in [-0.2, -0.15) is 4.68 Å². The van der Waals surface area contributed by atoms with Crippen LogP contribution < -0.4 is 5.43 Å². The van der Waals surface area contributed by atoms with Gasteiger partial charge in [-0.25, -0.2) is 0 Å². The maximum absolute atomic E-state index is 11.6. The fourth-order valence-electron chi connectivity index (χ4n) is 1.83. The third-order valence-electron chi connectivity index (χ3n) is 2.79. The van der Waals surface area contributed by atoms with E-state index in [2.05, 4.69) is 15.7 Å². The van der Waals surface area contributed by atoms with Gasteiger partial charge in [0.15, 0.2) is 0 Å². The largest absolute Gasteiger partial charge is 0.493 e. The molecular weight excluding hydrogens is 264 g/mol. The highest BCUT2D eigenvalue weighted by molar-refractivity contribution is 6.11. The molecule has 8 heteroatoms. The Labute approximate surface area is 112 Å². The van der Waals surface area contributed by atoms with E-state index in [-0.39, 0.29) is 22.9 Å². The van der Waals surface area contributed by atoms with Gasteiger partial charge in [-0.15, -0.1) is 10.2 Å². The number of anilines is 1. The molecule has 100 valence electrons. The molecular formula is C12H8N4O4. The Hall–Kier alpha value is -3.16. The molecule has 2 heterocycles. The number of nitrogens with zero attached hydrogens (tertiary/aromatic N) is 3. The maximum Gasteiger partial charge on any atom is 0.296 e. The Morgan fingerprint density at radius 1 is 0.900 bits per heavy atom. The van der Waals surface area contributed by atoms with Crippen molar-refractivity contribution in [2.75, 3.05) is 5.43 Å². The van der Waals surface area contributed by atoms with Crippen LogP contribution in [-0.4, -0.2) is 26.7 Å². The lowest BCUT2D eigenvalue weighted by atomic mass is 10.0. The van der Waals surface area contributed by atoms with Gasteiger partial charge in [-0.1, -0.05) is 0 Å². The molecule has 8 nitrogen and oxygen atoms in total. The second kappa shape index (κ2) is 4.19. The molecule has 3 N–H and O–H groups in total. The van der Waals surface area contributed by atoms with Gasteiger partial charge in [0, 0.05) is 12.1 Å². The predicted octanol–water partition coefficient (Wildman–Crippen LogP) is 1.52. The van der Waals surface area contributed by atoms with E-state index in [9.17, 15) is 19.8 Å². The van der Waals surface area contributed by atoms with Gasteiger partial charge in [0.05, 0.1) is 16.8 Å². The minimum atomic E-state index is -0.621.